The molecule has 0 bridgehead atoms. The van der Waals surface area contributed by atoms with Crippen LogP contribution in [0.4, 0.5) is 0 Å². The number of fused-ring (bicyclic) bond motifs is 1. The fourth-order valence-electron chi connectivity index (χ4n) is 4.11. The minimum atomic E-state index is -4.09. The largest absolute Gasteiger partial charge is 0.419 e. The molecule has 8 nitrogen and oxygen atoms in total. The van der Waals surface area contributed by atoms with Gasteiger partial charge in [0.25, 0.3) is 0 Å². The van der Waals surface area contributed by atoms with Crippen LogP contribution < -0.4 is 15.8 Å². The first-order valence-electron chi connectivity index (χ1n) is 11.7. The van der Waals surface area contributed by atoms with E-state index in [0.717, 1.165) is 11.1 Å². The summed E-state index contributed by atoms with van der Waals surface area (Å²) < 4.78 is 35.5. The number of aromatic nitrogens is 1. The average Bonchev–Trinajstić information content (AvgIpc) is 3.15. The zero-order chi connectivity index (χ0) is 25.9. The minimum absolute atomic E-state index is 0.0463. The maximum Gasteiger partial charge on any atom is 0.419 e. The molecular formula is C27H29N3O5S. The van der Waals surface area contributed by atoms with Crippen molar-refractivity contribution in [1.82, 2.24) is 14.6 Å². The Bertz CT molecular complexity index is 1470. The average molecular weight is 508 g/mol. The fourth-order valence-corrected chi connectivity index (χ4v) is 5.33. The highest BCUT2D eigenvalue weighted by Crippen LogP contribution is 2.23. The molecule has 0 saturated carbocycles. The zero-order valence-corrected chi connectivity index (χ0v) is 21.2. The van der Waals surface area contributed by atoms with E-state index in [1.807, 2.05) is 74.5 Å². The summed E-state index contributed by atoms with van der Waals surface area (Å²) in [4.78, 5) is 25.2. The Balaban J connectivity index is 1.63. The van der Waals surface area contributed by atoms with Gasteiger partial charge < -0.3 is 9.73 Å². The van der Waals surface area contributed by atoms with Gasteiger partial charge in [-0.15, -0.1) is 0 Å². The van der Waals surface area contributed by atoms with Crippen molar-refractivity contribution in [2.75, 3.05) is 0 Å². The molecule has 1 heterocycles. The molecule has 2 N–H and O–H groups in total. The molecule has 0 aliphatic heterocycles. The molecule has 0 saturated heterocycles. The lowest BCUT2D eigenvalue weighted by atomic mass is 9.97. The predicted octanol–water partition coefficient (Wildman–Crippen LogP) is 3.73. The maximum atomic E-state index is 13.5. The molecular weight excluding hydrogens is 478 g/mol. The molecule has 36 heavy (non-hydrogen) atoms. The van der Waals surface area contributed by atoms with Gasteiger partial charge in [0.05, 0.1) is 16.5 Å². The summed E-state index contributed by atoms with van der Waals surface area (Å²) >= 11 is 0. The normalized spacial score (nSPS) is 12.8. The van der Waals surface area contributed by atoms with Crippen LogP contribution in [0.3, 0.4) is 0 Å². The number of nitrogens with zero attached hydrogens (tertiary/aromatic N) is 1. The molecule has 0 aliphatic carbocycles. The number of nitrogens with one attached hydrogen (secondary N) is 2. The Kier molecular flexibility index (Phi) is 7.42. The number of carbonyl (C=O) groups excluding carboxylic acids is 1. The van der Waals surface area contributed by atoms with Crippen LogP contribution in [-0.2, 0) is 21.9 Å². The Labute approximate surface area is 210 Å². The first kappa shape index (κ1) is 25.4. The van der Waals surface area contributed by atoms with E-state index in [0.29, 0.717) is 11.9 Å². The second-order valence-corrected chi connectivity index (χ2v) is 10.8. The third kappa shape index (κ3) is 5.58. The van der Waals surface area contributed by atoms with Gasteiger partial charge in [-0.3, -0.25) is 9.36 Å². The number of benzene rings is 3. The van der Waals surface area contributed by atoms with E-state index in [2.05, 4.69) is 10.0 Å². The summed E-state index contributed by atoms with van der Waals surface area (Å²) in [5.41, 5.74) is 2.40. The molecule has 0 radical (unpaired) electrons. The Morgan fingerprint density at radius 1 is 0.944 bits per heavy atom. The SMILES string of the molecule is CC(C)C[C@H](NS(=O)(=O)c1ccc2c(c1)oc(=O)n2C)C(=O)NC(c1ccccc1)c1ccccc1. The highest BCUT2D eigenvalue weighted by atomic mass is 32.2. The van der Waals surface area contributed by atoms with Gasteiger partial charge >= 0.3 is 5.76 Å². The maximum absolute atomic E-state index is 13.5. The van der Waals surface area contributed by atoms with Gasteiger partial charge in [-0.1, -0.05) is 74.5 Å². The Hall–Kier alpha value is -3.69. The summed E-state index contributed by atoms with van der Waals surface area (Å²) in [7, 11) is -2.55. The molecule has 1 amide bonds. The number of carbonyl (C=O) groups is 1. The van der Waals surface area contributed by atoms with Crippen molar-refractivity contribution < 1.29 is 17.6 Å². The van der Waals surface area contributed by atoms with Gasteiger partial charge in [0, 0.05) is 13.1 Å². The molecule has 4 aromatic rings. The van der Waals surface area contributed by atoms with Crippen LogP contribution in [0.15, 0.2) is 93.0 Å². The van der Waals surface area contributed by atoms with Crippen molar-refractivity contribution in [3.8, 4) is 0 Å². The van der Waals surface area contributed by atoms with Crippen LogP contribution in [0.25, 0.3) is 11.1 Å². The summed E-state index contributed by atoms with van der Waals surface area (Å²) in [6.07, 6.45) is 0.296. The number of hydrogen-bond donors (Lipinski definition) is 2. The molecule has 0 aliphatic rings. The molecule has 9 heteroatoms. The molecule has 1 atom stereocenters. The van der Waals surface area contributed by atoms with Crippen molar-refractivity contribution in [1.29, 1.82) is 0 Å². The highest BCUT2D eigenvalue weighted by molar-refractivity contribution is 7.89. The Morgan fingerprint density at radius 3 is 2.08 bits per heavy atom. The highest BCUT2D eigenvalue weighted by Gasteiger charge is 2.29. The summed E-state index contributed by atoms with van der Waals surface area (Å²) in [6.45, 7) is 3.84. The molecule has 0 unspecified atom stereocenters. The number of amides is 1. The molecule has 0 fully saturated rings. The van der Waals surface area contributed by atoms with Crippen LogP contribution in [-0.4, -0.2) is 24.9 Å². The van der Waals surface area contributed by atoms with Gasteiger partial charge in [-0.05, 0) is 35.6 Å². The number of sulfonamides is 1. The number of hydrogen-bond acceptors (Lipinski definition) is 5. The fraction of sp³-hybridized carbons (Fsp3) is 0.259. The standard InChI is InChI=1S/C27H29N3O5S/c1-18(2)16-22(29-36(33,34)21-14-15-23-24(17-21)35-27(32)30(23)3)26(31)28-25(19-10-6-4-7-11-19)20-12-8-5-9-13-20/h4-15,17-18,22,25,29H,16H2,1-3H3,(H,28,31)/t22-/m0/s1. The van der Waals surface area contributed by atoms with Gasteiger partial charge in [0.1, 0.15) is 6.04 Å². The van der Waals surface area contributed by atoms with Crippen molar-refractivity contribution in [2.24, 2.45) is 13.0 Å². The molecule has 188 valence electrons. The summed E-state index contributed by atoms with van der Waals surface area (Å²) in [5, 5.41) is 3.04. The number of aryl methyl sites for hydroxylation is 1. The lowest BCUT2D eigenvalue weighted by molar-refractivity contribution is -0.123. The van der Waals surface area contributed by atoms with E-state index in [1.165, 1.54) is 22.8 Å². The predicted molar refractivity (Wildman–Crippen MR) is 138 cm³/mol. The minimum Gasteiger partial charge on any atom is -0.408 e. The lowest BCUT2D eigenvalue weighted by Crippen LogP contribution is -2.48. The van der Waals surface area contributed by atoms with Crippen LogP contribution >= 0.6 is 0 Å². The first-order valence-corrected chi connectivity index (χ1v) is 13.2. The summed E-state index contributed by atoms with van der Waals surface area (Å²) in [5.74, 6) is -0.972. The third-order valence-corrected chi connectivity index (χ3v) is 7.42. The quantitative estimate of drug-likeness (QED) is 0.359. The lowest BCUT2D eigenvalue weighted by Gasteiger charge is -2.25. The second kappa shape index (κ2) is 10.5. The van der Waals surface area contributed by atoms with Crippen LogP contribution in [0.1, 0.15) is 37.4 Å². The molecule has 0 spiro atoms. The van der Waals surface area contributed by atoms with Gasteiger partial charge in [-0.2, -0.15) is 4.72 Å². The molecule has 1 aromatic heterocycles. The van der Waals surface area contributed by atoms with Crippen molar-refractivity contribution in [3.63, 3.8) is 0 Å². The van der Waals surface area contributed by atoms with Crippen molar-refractivity contribution in [3.05, 3.63) is 101 Å². The van der Waals surface area contributed by atoms with E-state index in [4.69, 9.17) is 4.42 Å². The first-order chi connectivity index (χ1) is 17.2. The topological polar surface area (TPSA) is 110 Å². The van der Waals surface area contributed by atoms with Crippen molar-refractivity contribution >= 4 is 27.0 Å². The van der Waals surface area contributed by atoms with E-state index < -0.39 is 33.8 Å². The second-order valence-electron chi connectivity index (χ2n) is 9.12. The van der Waals surface area contributed by atoms with Gasteiger partial charge in [0.2, 0.25) is 15.9 Å². The molecule has 4 rings (SSSR count). The van der Waals surface area contributed by atoms with E-state index in [1.54, 1.807) is 7.05 Å². The molecule has 3 aromatic carbocycles. The number of oxazole rings is 1. The van der Waals surface area contributed by atoms with Crippen LogP contribution in [0.2, 0.25) is 0 Å². The third-order valence-electron chi connectivity index (χ3n) is 5.95. The monoisotopic (exact) mass is 507 g/mol. The smallest absolute Gasteiger partial charge is 0.408 e. The van der Waals surface area contributed by atoms with E-state index in [9.17, 15) is 18.0 Å². The van der Waals surface area contributed by atoms with E-state index >= 15 is 0 Å². The van der Waals surface area contributed by atoms with Crippen molar-refractivity contribution in [2.45, 2.75) is 37.2 Å². The zero-order valence-electron chi connectivity index (χ0n) is 20.3. The number of rotatable bonds is 9. The van der Waals surface area contributed by atoms with Gasteiger partial charge in [0.15, 0.2) is 5.58 Å². The van der Waals surface area contributed by atoms with Crippen LogP contribution in [0.5, 0.6) is 0 Å². The Morgan fingerprint density at radius 2 is 1.53 bits per heavy atom. The van der Waals surface area contributed by atoms with Gasteiger partial charge in [-0.25, -0.2) is 13.2 Å². The van der Waals surface area contributed by atoms with Crippen LogP contribution in [0, 0.1) is 5.92 Å². The van der Waals surface area contributed by atoms with E-state index in [-0.39, 0.29) is 16.4 Å². The summed E-state index contributed by atoms with van der Waals surface area (Å²) in [6, 6.07) is 21.8.